The number of nitrogens with zero attached hydrogens (tertiary/aromatic N) is 4. The molecule has 220 valence electrons. The second kappa shape index (κ2) is 13.0. The molecule has 0 aliphatic heterocycles. The fraction of sp³-hybridized carbons (Fsp3) is 0.167. The molecule has 0 aliphatic rings. The maximum absolute atomic E-state index is 13.8. The third kappa shape index (κ3) is 6.51. The molecule has 5 aromatic rings. The van der Waals surface area contributed by atoms with Gasteiger partial charge in [-0.3, -0.25) is 9.59 Å². The monoisotopic (exact) mass is 618 g/mol. The number of halogens is 1. The van der Waals surface area contributed by atoms with Crippen LogP contribution in [-0.2, 0) is 11.2 Å². The van der Waals surface area contributed by atoms with Gasteiger partial charge < -0.3 is 25.3 Å². The van der Waals surface area contributed by atoms with Gasteiger partial charge in [0.1, 0.15) is 12.7 Å². The van der Waals surface area contributed by atoms with E-state index in [-0.39, 0.29) is 11.7 Å². The third-order valence-electron chi connectivity index (χ3n) is 6.57. The number of thiazole rings is 1. The van der Waals surface area contributed by atoms with Crippen LogP contribution in [0, 0.1) is 0 Å². The molecule has 0 saturated carbocycles. The lowest BCUT2D eigenvalue weighted by atomic mass is 9.98. The van der Waals surface area contributed by atoms with E-state index < -0.39 is 6.04 Å². The molecule has 0 aliphatic carbocycles. The highest BCUT2D eigenvalue weighted by Gasteiger charge is 2.22. The number of carbonyl (C=O) groups excluding carboxylic acids is 2. The molecule has 0 saturated heterocycles. The molecule has 0 spiro atoms. The molecule has 11 nitrogen and oxygen atoms in total. The van der Waals surface area contributed by atoms with Crippen molar-refractivity contribution in [2.24, 2.45) is 5.73 Å². The first-order chi connectivity index (χ1) is 20.8. The number of amides is 1. The Morgan fingerprint density at radius 1 is 1.02 bits per heavy atom. The summed E-state index contributed by atoms with van der Waals surface area (Å²) in [5, 5.41) is 9.85. The van der Waals surface area contributed by atoms with Crippen molar-refractivity contribution in [3.05, 3.63) is 94.3 Å². The average Bonchev–Trinajstić information content (AvgIpc) is 3.74. The Hall–Kier alpha value is -4.78. The molecule has 0 unspecified atom stereocenters. The standard InChI is InChI=1S/C30H27ClN6O5S/c1-40-25-12-19(13-26(41-2)28(25)42-3)27(38)21-9-6-18(11-24(21)37-16-33-15-34-37)23-14-43-30(35-23)36-29(39)22(32)10-17-4-7-20(31)8-5-17/h4-9,11-16,22H,10,32H2,1-3H3,(H,35,36,39)/t22-/m1/s1. The number of nitrogens with two attached hydrogens (primary N) is 1. The zero-order valence-corrected chi connectivity index (χ0v) is 25.0. The number of ketones is 1. The van der Waals surface area contributed by atoms with Crippen LogP contribution in [0.2, 0.25) is 5.02 Å². The number of carbonyl (C=O) groups is 2. The van der Waals surface area contributed by atoms with Crippen molar-refractivity contribution in [3.63, 3.8) is 0 Å². The third-order valence-corrected chi connectivity index (χ3v) is 7.58. The number of rotatable bonds is 11. The number of hydrogen-bond acceptors (Lipinski definition) is 10. The fourth-order valence-corrected chi connectivity index (χ4v) is 5.25. The largest absolute Gasteiger partial charge is 0.493 e. The number of hydrogen-bond donors (Lipinski definition) is 2. The number of benzene rings is 3. The lowest BCUT2D eigenvalue weighted by Gasteiger charge is -2.15. The summed E-state index contributed by atoms with van der Waals surface area (Å²) < 4.78 is 17.7. The van der Waals surface area contributed by atoms with E-state index in [1.165, 1.54) is 50.0 Å². The molecule has 1 amide bonds. The van der Waals surface area contributed by atoms with Gasteiger partial charge in [-0.05, 0) is 48.4 Å². The highest BCUT2D eigenvalue weighted by Crippen LogP contribution is 2.39. The molecule has 3 N–H and O–H groups in total. The minimum Gasteiger partial charge on any atom is -0.493 e. The zero-order chi connectivity index (χ0) is 30.5. The van der Waals surface area contributed by atoms with Crippen LogP contribution in [0.15, 0.2) is 72.6 Å². The molecular weight excluding hydrogens is 592 g/mol. The Labute approximate surface area is 256 Å². The lowest BCUT2D eigenvalue weighted by Crippen LogP contribution is -2.37. The quantitative estimate of drug-likeness (QED) is 0.199. The van der Waals surface area contributed by atoms with Crippen LogP contribution in [0.5, 0.6) is 17.2 Å². The molecule has 13 heteroatoms. The van der Waals surface area contributed by atoms with Crippen molar-refractivity contribution in [2.45, 2.75) is 12.5 Å². The highest BCUT2D eigenvalue weighted by atomic mass is 35.5. The first-order valence-corrected chi connectivity index (χ1v) is 14.2. The first-order valence-electron chi connectivity index (χ1n) is 12.9. The van der Waals surface area contributed by atoms with Gasteiger partial charge in [0.15, 0.2) is 22.4 Å². The van der Waals surface area contributed by atoms with Crippen LogP contribution in [0.4, 0.5) is 5.13 Å². The van der Waals surface area contributed by atoms with E-state index in [0.717, 1.165) is 5.56 Å². The molecule has 3 aromatic carbocycles. The maximum Gasteiger partial charge on any atom is 0.243 e. The van der Waals surface area contributed by atoms with Crippen LogP contribution in [0.25, 0.3) is 16.9 Å². The van der Waals surface area contributed by atoms with Crippen LogP contribution in [-0.4, -0.2) is 58.8 Å². The molecule has 0 bridgehead atoms. The van der Waals surface area contributed by atoms with Gasteiger partial charge in [-0.1, -0.05) is 29.8 Å². The van der Waals surface area contributed by atoms with Gasteiger partial charge in [-0.25, -0.2) is 14.6 Å². The van der Waals surface area contributed by atoms with Crippen LogP contribution >= 0.6 is 22.9 Å². The minimum atomic E-state index is -0.770. The number of aromatic nitrogens is 4. The van der Waals surface area contributed by atoms with Gasteiger partial charge >= 0.3 is 0 Å². The summed E-state index contributed by atoms with van der Waals surface area (Å²) in [5.41, 5.74) is 9.51. The van der Waals surface area contributed by atoms with Gasteiger partial charge in [0, 0.05) is 27.1 Å². The minimum absolute atomic E-state index is 0.294. The van der Waals surface area contributed by atoms with Crippen molar-refractivity contribution >= 4 is 39.8 Å². The summed E-state index contributed by atoms with van der Waals surface area (Å²) in [6.45, 7) is 0. The molecular formula is C30H27ClN6O5S. The summed E-state index contributed by atoms with van der Waals surface area (Å²) >= 11 is 7.20. The second-order valence-corrected chi connectivity index (χ2v) is 10.6. The van der Waals surface area contributed by atoms with E-state index >= 15 is 0 Å². The van der Waals surface area contributed by atoms with E-state index in [9.17, 15) is 9.59 Å². The predicted octanol–water partition coefficient (Wildman–Crippen LogP) is 4.81. The van der Waals surface area contributed by atoms with Gasteiger partial charge in [0.05, 0.1) is 38.8 Å². The van der Waals surface area contributed by atoms with Crippen molar-refractivity contribution in [1.29, 1.82) is 0 Å². The van der Waals surface area contributed by atoms with E-state index in [4.69, 9.17) is 31.5 Å². The highest BCUT2D eigenvalue weighted by molar-refractivity contribution is 7.14. The van der Waals surface area contributed by atoms with Crippen molar-refractivity contribution < 1.29 is 23.8 Å². The Balaban J connectivity index is 1.41. The van der Waals surface area contributed by atoms with E-state index in [1.807, 2.05) is 17.5 Å². The Kier molecular flexibility index (Phi) is 9.00. The van der Waals surface area contributed by atoms with Crippen LogP contribution < -0.4 is 25.3 Å². The van der Waals surface area contributed by atoms with E-state index in [1.54, 1.807) is 42.5 Å². The molecule has 43 heavy (non-hydrogen) atoms. The van der Waals surface area contributed by atoms with Crippen molar-refractivity contribution in [2.75, 3.05) is 26.6 Å². The molecule has 0 fully saturated rings. The molecule has 2 aromatic heterocycles. The van der Waals surface area contributed by atoms with Gasteiger partial charge in [-0.2, -0.15) is 5.10 Å². The summed E-state index contributed by atoms with van der Waals surface area (Å²) in [6.07, 6.45) is 3.23. The lowest BCUT2D eigenvalue weighted by molar-refractivity contribution is -0.117. The Morgan fingerprint density at radius 2 is 1.74 bits per heavy atom. The molecule has 5 rings (SSSR count). The second-order valence-electron chi connectivity index (χ2n) is 9.28. The number of nitrogens with one attached hydrogen (secondary N) is 1. The first kappa shape index (κ1) is 29.7. The summed E-state index contributed by atoms with van der Waals surface area (Å²) in [5.74, 6) is 0.441. The normalized spacial score (nSPS) is 11.6. The van der Waals surface area contributed by atoms with E-state index in [2.05, 4.69) is 20.4 Å². The van der Waals surface area contributed by atoms with Gasteiger partial charge in [-0.15, -0.1) is 11.3 Å². The van der Waals surface area contributed by atoms with Crippen LogP contribution in [0.1, 0.15) is 21.5 Å². The zero-order valence-electron chi connectivity index (χ0n) is 23.4. The Morgan fingerprint density at radius 3 is 2.37 bits per heavy atom. The number of anilines is 1. The summed E-state index contributed by atoms with van der Waals surface area (Å²) in [4.78, 5) is 35.2. The average molecular weight is 619 g/mol. The van der Waals surface area contributed by atoms with Crippen molar-refractivity contribution in [3.8, 4) is 34.2 Å². The smallest absolute Gasteiger partial charge is 0.243 e. The number of methoxy groups -OCH3 is 3. The van der Waals surface area contributed by atoms with Crippen molar-refractivity contribution in [1.82, 2.24) is 19.7 Å². The SMILES string of the molecule is COc1cc(C(=O)c2ccc(-c3csc(NC(=O)[C@H](N)Cc4ccc(Cl)cc4)n3)cc2-n2cncn2)cc(OC)c1OC. The molecule has 1 atom stereocenters. The molecule has 2 heterocycles. The van der Waals surface area contributed by atoms with Gasteiger partial charge in [0.25, 0.3) is 0 Å². The number of ether oxygens (including phenoxy) is 3. The summed E-state index contributed by atoms with van der Waals surface area (Å²) in [7, 11) is 4.46. The summed E-state index contributed by atoms with van der Waals surface area (Å²) in [6, 6.07) is 14.8. The maximum atomic E-state index is 13.8. The van der Waals surface area contributed by atoms with Crippen LogP contribution in [0.3, 0.4) is 0 Å². The van der Waals surface area contributed by atoms with E-state index in [0.29, 0.717) is 61.9 Å². The Bertz CT molecular complexity index is 1730. The fourth-order valence-electron chi connectivity index (χ4n) is 4.40. The van der Waals surface area contributed by atoms with Gasteiger partial charge in [0.2, 0.25) is 11.7 Å². The topological polar surface area (TPSA) is 143 Å². The molecule has 0 radical (unpaired) electrons. The predicted molar refractivity (Wildman–Crippen MR) is 164 cm³/mol.